The Kier molecular flexibility index (Phi) is 6.62. The molecule has 0 spiro atoms. The molecule has 28 heavy (non-hydrogen) atoms. The van der Waals surface area contributed by atoms with E-state index in [0.29, 0.717) is 0 Å². The normalized spacial score (nSPS) is 11.0. The summed E-state index contributed by atoms with van der Waals surface area (Å²) in [4.78, 5) is 17.0. The number of amides is 1. The molecule has 1 amide bonds. The molecule has 148 valence electrons. The van der Waals surface area contributed by atoms with Crippen molar-refractivity contribution in [3.05, 3.63) is 57.9 Å². The third kappa shape index (κ3) is 4.87. The molecule has 6 heteroatoms. The molecule has 0 aliphatic heterocycles. The highest BCUT2D eigenvalue weighted by atomic mass is 32.1. The van der Waals surface area contributed by atoms with Gasteiger partial charge in [-0.05, 0) is 56.9 Å². The van der Waals surface area contributed by atoms with E-state index in [1.807, 2.05) is 41.3 Å². The Bertz CT molecular complexity index is 957. The van der Waals surface area contributed by atoms with Crippen LogP contribution in [-0.4, -0.2) is 20.7 Å². The lowest BCUT2D eigenvalue weighted by Crippen LogP contribution is -2.14. The second-order valence-electron chi connectivity index (χ2n) is 7.23. The molecule has 5 nitrogen and oxygen atoms in total. The van der Waals surface area contributed by atoms with Crippen molar-refractivity contribution >= 4 is 22.9 Å². The SMILES string of the molecule is CCCCCc1c(C)nn(-c2nc(CC(=O)Nc3cccc(C)c3)cs2)c1C. The molecular weight excluding hydrogens is 368 g/mol. The summed E-state index contributed by atoms with van der Waals surface area (Å²) >= 11 is 1.53. The van der Waals surface area contributed by atoms with Gasteiger partial charge in [0.1, 0.15) is 0 Å². The molecule has 1 N–H and O–H groups in total. The third-order valence-corrected chi connectivity index (χ3v) is 5.70. The summed E-state index contributed by atoms with van der Waals surface area (Å²) in [6.45, 7) is 8.39. The summed E-state index contributed by atoms with van der Waals surface area (Å²) in [7, 11) is 0. The number of carbonyl (C=O) groups excluding carboxylic acids is 1. The highest BCUT2D eigenvalue weighted by molar-refractivity contribution is 7.12. The topological polar surface area (TPSA) is 59.8 Å². The maximum atomic E-state index is 12.3. The molecule has 1 aromatic carbocycles. The van der Waals surface area contributed by atoms with E-state index in [4.69, 9.17) is 5.10 Å². The van der Waals surface area contributed by atoms with Crippen LogP contribution >= 0.6 is 11.3 Å². The van der Waals surface area contributed by atoms with Gasteiger partial charge < -0.3 is 5.32 Å². The Hall–Kier alpha value is -2.47. The molecule has 2 heterocycles. The number of nitrogens with zero attached hydrogens (tertiary/aromatic N) is 3. The van der Waals surface area contributed by atoms with E-state index in [1.54, 1.807) is 0 Å². The van der Waals surface area contributed by atoms with Crippen molar-refractivity contribution in [1.29, 1.82) is 0 Å². The minimum Gasteiger partial charge on any atom is -0.326 e. The minimum atomic E-state index is -0.0592. The van der Waals surface area contributed by atoms with Crippen molar-refractivity contribution in [2.75, 3.05) is 5.32 Å². The molecule has 2 aromatic heterocycles. The van der Waals surface area contributed by atoms with Gasteiger partial charge in [0, 0.05) is 16.8 Å². The fourth-order valence-corrected chi connectivity index (χ4v) is 4.17. The van der Waals surface area contributed by atoms with Gasteiger partial charge in [-0.1, -0.05) is 31.9 Å². The quantitative estimate of drug-likeness (QED) is 0.535. The van der Waals surface area contributed by atoms with E-state index < -0.39 is 0 Å². The number of anilines is 1. The predicted molar refractivity (Wildman–Crippen MR) is 115 cm³/mol. The number of aryl methyl sites for hydroxylation is 2. The minimum absolute atomic E-state index is 0.0592. The van der Waals surface area contributed by atoms with Crippen molar-refractivity contribution in [1.82, 2.24) is 14.8 Å². The van der Waals surface area contributed by atoms with E-state index in [0.717, 1.165) is 39.9 Å². The number of rotatable bonds is 8. The number of hydrogen-bond acceptors (Lipinski definition) is 4. The zero-order chi connectivity index (χ0) is 20.1. The van der Waals surface area contributed by atoms with Gasteiger partial charge in [-0.15, -0.1) is 11.3 Å². The van der Waals surface area contributed by atoms with Crippen molar-refractivity contribution < 1.29 is 4.79 Å². The van der Waals surface area contributed by atoms with Crippen LogP contribution in [0.4, 0.5) is 5.69 Å². The van der Waals surface area contributed by atoms with Crippen LogP contribution in [-0.2, 0) is 17.6 Å². The number of nitrogens with one attached hydrogen (secondary N) is 1. The molecular formula is C22H28N4OS. The van der Waals surface area contributed by atoms with E-state index >= 15 is 0 Å². The van der Waals surface area contributed by atoms with Gasteiger partial charge in [-0.2, -0.15) is 5.10 Å². The zero-order valence-corrected chi connectivity index (χ0v) is 17.9. The van der Waals surface area contributed by atoms with Gasteiger partial charge >= 0.3 is 0 Å². The standard InChI is InChI=1S/C22H28N4OS/c1-5-6-7-11-20-16(3)25-26(17(20)4)22-24-19(14-28-22)13-21(27)23-18-10-8-9-15(2)12-18/h8-10,12,14H,5-7,11,13H2,1-4H3,(H,23,27). The number of aromatic nitrogens is 3. The third-order valence-electron chi connectivity index (χ3n) is 4.84. The maximum absolute atomic E-state index is 12.3. The summed E-state index contributed by atoms with van der Waals surface area (Å²) in [6, 6.07) is 7.80. The number of thiazole rings is 1. The largest absolute Gasteiger partial charge is 0.326 e. The Morgan fingerprint density at radius 3 is 2.79 bits per heavy atom. The number of benzene rings is 1. The van der Waals surface area contributed by atoms with Crippen molar-refractivity contribution in [3.63, 3.8) is 0 Å². The number of hydrogen-bond donors (Lipinski definition) is 1. The van der Waals surface area contributed by atoms with Crippen molar-refractivity contribution in [3.8, 4) is 5.13 Å². The van der Waals surface area contributed by atoms with Crippen LogP contribution in [0.1, 0.15) is 54.4 Å². The molecule has 0 bridgehead atoms. The Morgan fingerprint density at radius 1 is 1.21 bits per heavy atom. The Balaban J connectivity index is 1.68. The number of unbranched alkanes of at least 4 members (excludes halogenated alkanes) is 2. The second-order valence-corrected chi connectivity index (χ2v) is 8.07. The molecule has 3 aromatic rings. The molecule has 0 saturated carbocycles. The first-order valence-electron chi connectivity index (χ1n) is 9.84. The van der Waals surface area contributed by atoms with E-state index in [-0.39, 0.29) is 12.3 Å². The van der Waals surface area contributed by atoms with Gasteiger partial charge in [-0.25, -0.2) is 9.67 Å². The smallest absolute Gasteiger partial charge is 0.230 e. The molecule has 0 atom stereocenters. The Morgan fingerprint density at radius 2 is 2.04 bits per heavy atom. The highest BCUT2D eigenvalue weighted by Crippen LogP contribution is 2.23. The van der Waals surface area contributed by atoms with E-state index in [1.165, 1.54) is 36.2 Å². The van der Waals surface area contributed by atoms with Gasteiger partial charge in [0.05, 0.1) is 17.8 Å². The first-order valence-corrected chi connectivity index (χ1v) is 10.7. The zero-order valence-electron chi connectivity index (χ0n) is 17.1. The molecule has 0 aliphatic carbocycles. The molecule has 0 unspecified atom stereocenters. The van der Waals surface area contributed by atoms with Gasteiger partial charge in [-0.3, -0.25) is 4.79 Å². The molecule has 0 aliphatic rings. The first-order chi connectivity index (χ1) is 13.5. The van der Waals surface area contributed by atoms with Crippen LogP contribution in [0.3, 0.4) is 0 Å². The van der Waals surface area contributed by atoms with Crippen LogP contribution in [0.5, 0.6) is 0 Å². The maximum Gasteiger partial charge on any atom is 0.230 e. The van der Waals surface area contributed by atoms with Gasteiger partial charge in [0.25, 0.3) is 0 Å². The van der Waals surface area contributed by atoms with Crippen molar-refractivity contribution in [2.45, 2.75) is 59.8 Å². The summed E-state index contributed by atoms with van der Waals surface area (Å²) in [5.74, 6) is -0.0592. The van der Waals surface area contributed by atoms with Crippen LogP contribution in [0, 0.1) is 20.8 Å². The van der Waals surface area contributed by atoms with Crippen LogP contribution in [0.15, 0.2) is 29.6 Å². The molecule has 0 radical (unpaired) electrons. The lowest BCUT2D eigenvalue weighted by atomic mass is 10.1. The van der Waals surface area contributed by atoms with Gasteiger partial charge in [0.15, 0.2) is 0 Å². The van der Waals surface area contributed by atoms with Gasteiger partial charge in [0.2, 0.25) is 11.0 Å². The highest BCUT2D eigenvalue weighted by Gasteiger charge is 2.16. The molecule has 0 saturated heterocycles. The van der Waals surface area contributed by atoms with Crippen LogP contribution in [0.25, 0.3) is 5.13 Å². The lowest BCUT2D eigenvalue weighted by molar-refractivity contribution is -0.115. The summed E-state index contributed by atoms with van der Waals surface area (Å²) in [6.07, 6.45) is 4.95. The molecule has 3 rings (SSSR count). The fourth-order valence-electron chi connectivity index (χ4n) is 3.34. The summed E-state index contributed by atoms with van der Waals surface area (Å²) < 4.78 is 1.92. The average Bonchev–Trinajstić information content (AvgIpc) is 3.20. The fraction of sp³-hybridized carbons (Fsp3) is 0.409. The monoisotopic (exact) mass is 396 g/mol. The lowest BCUT2D eigenvalue weighted by Gasteiger charge is -2.05. The summed E-state index contributed by atoms with van der Waals surface area (Å²) in [5, 5.41) is 10.4. The second kappa shape index (κ2) is 9.15. The predicted octanol–water partition coefficient (Wildman–Crippen LogP) is 5.17. The van der Waals surface area contributed by atoms with Crippen molar-refractivity contribution in [2.24, 2.45) is 0 Å². The Labute approximate surface area is 170 Å². The summed E-state index contributed by atoms with van der Waals surface area (Å²) in [5.41, 5.74) is 6.25. The first kappa shape index (κ1) is 20.3. The van der Waals surface area contributed by atoms with Crippen LogP contribution in [0.2, 0.25) is 0 Å². The van der Waals surface area contributed by atoms with E-state index in [2.05, 4.69) is 31.1 Å². The number of carbonyl (C=O) groups is 1. The van der Waals surface area contributed by atoms with E-state index in [9.17, 15) is 4.79 Å². The molecule has 0 fully saturated rings. The average molecular weight is 397 g/mol. The van der Waals surface area contributed by atoms with Crippen LogP contribution < -0.4 is 5.32 Å².